The number of halogens is 2. The monoisotopic (exact) mass is 291 g/mol. The molecule has 0 N–H and O–H groups in total. The molecule has 1 fully saturated rings. The Balaban J connectivity index is 2.40. The van der Waals surface area contributed by atoms with E-state index in [2.05, 4.69) is 4.65 Å². The van der Waals surface area contributed by atoms with Crippen molar-refractivity contribution in [3.63, 3.8) is 0 Å². The summed E-state index contributed by atoms with van der Waals surface area (Å²) in [6, 6.07) is 2.60. The summed E-state index contributed by atoms with van der Waals surface area (Å²) in [6.45, 7) is 0. The molecule has 100 valence electrons. The zero-order valence-corrected chi connectivity index (χ0v) is 11.0. The minimum Gasteiger partial charge on any atom is -0.540 e. The number of carbonyl (C=O) groups excluding carboxylic acids is 1. The zero-order valence-electron chi connectivity index (χ0n) is 10.2. The minimum absolute atomic E-state index is 0.0690. The molecule has 0 unspecified atom stereocenters. The Kier molecular flexibility index (Phi) is 3.05. The smallest absolute Gasteiger partial charge is 0.378 e. The lowest BCUT2D eigenvalue weighted by molar-refractivity contribution is 0.0747. The van der Waals surface area contributed by atoms with Crippen LogP contribution in [0, 0.1) is 5.82 Å². The average Bonchev–Trinajstić information content (AvgIpc) is 3.25. The summed E-state index contributed by atoms with van der Waals surface area (Å²) >= 11 is 5.76. The summed E-state index contributed by atoms with van der Waals surface area (Å²) in [5.74, 6) is -1.65. The van der Waals surface area contributed by atoms with Gasteiger partial charge in [-0.25, -0.2) is 9.18 Å². The van der Waals surface area contributed by atoms with Crippen LogP contribution in [-0.4, -0.2) is 18.6 Å². The highest BCUT2D eigenvalue weighted by molar-refractivity contribution is 6.31. The third-order valence-corrected chi connectivity index (χ3v) is 3.63. The van der Waals surface area contributed by atoms with Gasteiger partial charge in [0.15, 0.2) is 0 Å². The predicted octanol–water partition coefficient (Wildman–Crippen LogP) is 2.37. The summed E-state index contributed by atoms with van der Waals surface area (Å²) in [5.41, 5.74) is -0.339. The van der Waals surface area contributed by atoms with Crippen molar-refractivity contribution in [1.82, 2.24) is 4.57 Å². The first kappa shape index (κ1) is 13.2. The van der Waals surface area contributed by atoms with Gasteiger partial charge in [-0.15, -0.1) is 0 Å². The molecule has 1 heterocycles. The number of carbonyl (C=O) groups is 1. The van der Waals surface area contributed by atoms with Crippen molar-refractivity contribution in [3.8, 4) is 0 Å². The SMILES string of the molecule is [B]OC(=O)c1cn(C2CC2)c2cc(Cl)c(F)cc2c1=O. The molecule has 4 nitrogen and oxygen atoms in total. The van der Waals surface area contributed by atoms with Gasteiger partial charge in [0, 0.05) is 17.6 Å². The quantitative estimate of drug-likeness (QED) is 0.798. The molecule has 0 spiro atoms. The number of pyridine rings is 1. The highest BCUT2D eigenvalue weighted by Crippen LogP contribution is 2.37. The van der Waals surface area contributed by atoms with Crippen molar-refractivity contribution in [2.75, 3.05) is 0 Å². The summed E-state index contributed by atoms with van der Waals surface area (Å²) < 4.78 is 19.4. The van der Waals surface area contributed by atoms with Gasteiger partial charge < -0.3 is 9.22 Å². The van der Waals surface area contributed by atoms with Crippen LogP contribution in [0.15, 0.2) is 23.1 Å². The van der Waals surface area contributed by atoms with Crippen LogP contribution in [0.4, 0.5) is 4.39 Å². The molecule has 1 saturated carbocycles. The largest absolute Gasteiger partial charge is 0.540 e. The van der Waals surface area contributed by atoms with E-state index in [9.17, 15) is 14.0 Å². The number of nitrogens with zero attached hydrogens (tertiary/aromatic N) is 1. The number of benzene rings is 1. The third kappa shape index (κ3) is 2.00. The van der Waals surface area contributed by atoms with Gasteiger partial charge in [-0.3, -0.25) is 4.79 Å². The van der Waals surface area contributed by atoms with E-state index < -0.39 is 17.2 Å². The second kappa shape index (κ2) is 4.63. The predicted molar refractivity (Wildman–Crippen MR) is 72.6 cm³/mol. The molecule has 0 aliphatic heterocycles. The maximum atomic E-state index is 13.6. The summed E-state index contributed by atoms with van der Waals surface area (Å²) in [7, 11) is 4.82. The third-order valence-electron chi connectivity index (χ3n) is 3.34. The molecule has 0 amide bonds. The standard InChI is InChI=1S/C13H8BClFNO3/c14-20-13(19)8-5-17(6-1-2-6)11-4-9(15)10(16)3-7(11)12(8)18/h3-6H,1-2H2. The minimum atomic E-state index is -0.943. The second-order valence-corrected chi connectivity index (χ2v) is 5.11. The van der Waals surface area contributed by atoms with Crippen molar-refractivity contribution >= 4 is 36.5 Å². The van der Waals surface area contributed by atoms with Crippen LogP contribution in [0.5, 0.6) is 0 Å². The lowest BCUT2D eigenvalue weighted by atomic mass is 10.1. The van der Waals surface area contributed by atoms with E-state index in [1.54, 1.807) is 4.57 Å². The number of rotatable bonds is 2. The van der Waals surface area contributed by atoms with E-state index >= 15 is 0 Å². The van der Waals surface area contributed by atoms with E-state index in [4.69, 9.17) is 19.7 Å². The Hall–Kier alpha value is -1.82. The zero-order chi connectivity index (χ0) is 14.4. The molecular formula is C13H8BClFNO3. The van der Waals surface area contributed by atoms with Crippen molar-refractivity contribution in [2.24, 2.45) is 0 Å². The van der Waals surface area contributed by atoms with Crippen molar-refractivity contribution in [1.29, 1.82) is 0 Å². The Morgan fingerprint density at radius 1 is 1.45 bits per heavy atom. The van der Waals surface area contributed by atoms with Gasteiger partial charge in [-0.1, -0.05) is 11.6 Å². The van der Waals surface area contributed by atoms with Gasteiger partial charge in [-0.05, 0) is 25.0 Å². The van der Waals surface area contributed by atoms with Gasteiger partial charge in [-0.2, -0.15) is 0 Å². The Morgan fingerprint density at radius 3 is 2.75 bits per heavy atom. The second-order valence-electron chi connectivity index (χ2n) is 4.70. The van der Waals surface area contributed by atoms with Gasteiger partial charge >= 0.3 is 14.0 Å². The molecule has 1 aliphatic carbocycles. The lowest BCUT2D eigenvalue weighted by Gasteiger charge is -2.12. The summed E-state index contributed by atoms with van der Waals surface area (Å²) in [5, 5.41) is 0.0159. The van der Waals surface area contributed by atoms with Crippen molar-refractivity contribution in [3.05, 3.63) is 45.0 Å². The fourth-order valence-electron chi connectivity index (χ4n) is 2.21. The molecule has 20 heavy (non-hydrogen) atoms. The molecule has 0 atom stereocenters. The summed E-state index contributed by atoms with van der Waals surface area (Å²) in [6.07, 6.45) is 3.24. The highest BCUT2D eigenvalue weighted by Gasteiger charge is 2.27. The Labute approximate surface area is 119 Å². The number of aromatic nitrogens is 1. The van der Waals surface area contributed by atoms with Crippen LogP contribution in [0.3, 0.4) is 0 Å². The molecule has 2 radical (unpaired) electrons. The van der Waals surface area contributed by atoms with Crippen LogP contribution in [0.25, 0.3) is 10.9 Å². The number of hydrogen-bond donors (Lipinski definition) is 0. The van der Waals surface area contributed by atoms with Crippen LogP contribution in [0.1, 0.15) is 29.2 Å². The van der Waals surface area contributed by atoms with Gasteiger partial charge in [0.2, 0.25) is 5.43 Å². The van der Waals surface area contributed by atoms with Gasteiger partial charge in [0.25, 0.3) is 0 Å². The van der Waals surface area contributed by atoms with Crippen molar-refractivity contribution in [2.45, 2.75) is 18.9 Å². The van der Waals surface area contributed by atoms with E-state index in [0.717, 1.165) is 18.9 Å². The maximum absolute atomic E-state index is 13.6. The van der Waals surface area contributed by atoms with E-state index in [-0.39, 0.29) is 22.0 Å². The topological polar surface area (TPSA) is 48.3 Å². The number of hydrogen-bond acceptors (Lipinski definition) is 3. The van der Waals surface area contributed by atoms with Gasteiger partial charge in [0.05, 0.1) is 10.5 Å². The molecule has 1 aromatic carbocycles. The first-order valence-corrected chi connectivity index (χ1v) is 6.35. The molecule has 7 heteroatoms. The molecule has 2 aromatic rings. The average molecular weight is 291 g/mol. The molecule has 1 aromatic heterocycles. The van der Waals surface area contributed by atoms with Crippen molar-refractivity contribution < 1.29 is 13.8 Å². The first-order valence-electron chi connectivity index (χ1n) is 5.98. The molecule has 3 rings (SSSR count). The fourth-order valence-corrected chi connectivity index (χ4v) is 2.37. The summed E-state index contributed by atoms with van der Waals surface area (Å²) in [4.78, 5) is 23.8. The van der Waals surface area contributed by atoms with Crippen LogP contribution >= 0.6 is 11.6 Å². The van der Waals surface area contributed by atoms with E-state index in [1.807, 2.05) is 0 Å². The highest BCUT2D eigenvalue weighted by atomic mass is 35.5. The normalized spacial score (nSPS) is 14.5. The maximum Gasteiger partial charge on any atom is 0.378 e. The van der Waals surface area contributed by atoms with E-state index in [0.29, 0.717) is 5.52 Å². The molecule has 1 aliphatic rings. The first-order chi connectivity index (χ1) is 9.52. The Morgan fingerprint density at radius 2 is 2.15 bits per heavy atom. The molecule has 0 saturated heterocycles. The van der Waals surface area contributed by atoms with Crippen LogP contribution < -0.4 is 5.43 Å². The van der Waals surface area contributed by atoms with Crippen LogP contribution in [0.2, 0.25) is 5.02 Å². The molecular weight excluding hydrogens is 283 g/mol. The lowest BCUT2D eigenvalue weighted by Crippen LogP contribution is -2.20. The van der Waals surface area contributed by atoms with E-state index in [1.165, 1.54) is 12.3 Å². The fraction of sp³-hybridized carbons (Fsp3) is 0.231. The van der Waals surface area contributed by atoms with Crippen LogP contribution in [-0.2, 0) is 4.65 Å². The number of fused-ring (bicyclic) bond motifs is 1. The molecule has 0 bridgehead atoms. The van der Waals surface area contributed by atoms with Gasteiger partial charge in [0.1, 0.15) is 11.4 Å². The Bertz CT molecular complexity index is 785.